The fourth-order valence-corrected chi connectivity index (χ4v) is 16.2. The predicted octanol–water partition coefficient (Wildman–Crippen LogP) is 7.31. The topological polar surface area (TPSA) is 135 Å². The number of piperazine rings is 1. The number of carboxylic acid groups (broad SMARTS) is 1. The highest BCUT2D eigenvalue weighted by atomic mass is 28.3. The number of fused-ring (bicyclic) bond motifs is 5. The number of amides is 1. The number of hydrogen-bond acceptors (Lipinski definition) is 10. The molecule has 4 fully saturated rings. The number of alkyl halides is 1. The number of carbonyl (C=O) groups is 1. The summed E-state index contributed by atoms with van der Waals surface area (Å²) in [6.45, 7) is 15.1. The Kier molecular flexibility index (Phi) is 11.3. The van der Waals surface area contributed by atoms with Crippen molar-refractivity contribution < 1.29 is 32.9 Å². The fourth-order valence-electron chi connectivity index (χ4n) is 11.0. The highest BCUT2D eigenvalue weighted by Crippen LogP contribution is 2.43. The largest absolute Gasteiger partial charge is 0.467 e. The number of nitrogens with zero attached hydrogens (tertiary/aromatic N) is 7. The monoisotopic (exact) mass is 843 g/mol. The second-order valence-corrected chi connectivity index (χ2v) is 23.5. The summed E-state index contributed by atoms with van der Waals surface area (Å²) in [6.07, 6.45) is 3.07. The van der Waals surface area contributed by atoms with Crippen molar-refractivity contribution in [3.05, 3.63) is 52.2 Å². The highest BCUT2D eigenvalue weighted by Gasteiger charge is 2.50. The van der Waals surface area contributed by atoms with Crippen LogP contribution in [0.5, 0.6) is 11.8 Å². The van der Waals surface area contributed by atoms with Crippen LogP contribution in [-0.2, 0) is 4.74 Å². The summed E-state index contributed by atoms with van der Waals surface area (Å²) in [5, 5.41) is 16.0. The van der Waals surface area contributed by atoms with Crippen LogP contribution in [0, 0.1) is 17.3 Å². The van der Waals surface area contributed by atoms with Crippen molar-refractivity contribution in [3.8, 4) is 28.9 Å². The third-order valence-corrected chi connectivity index (χ3v) is 20.0. The maximum Gasteiger partial charge on any atom is 0.407 e. The van der Waals surface area contributed by atoms with Gasteiger partial charge in [0.15, 0.2) is 6.79 Å². The zero-order valence-corrected chi connectivity index (χ0v) is 36.5. The summed E-state index contributed by atoms with van der Waals surface area (Å²) in [6, 6.07) is 5.87. The van der Waals surface area contributed by atoms with Gasteiger partial charge in [-0.3, -0.25) is 14.6 Å². The summed E-state index contributed by atoms with van der Waals surface area (Å²) < 4.78 is 49.7. The fraction of sp³-hybridized carbons (Fsp3) is 0.568. The van der Waals surface area contributed by atoms with E-state index < -0.39 is 37.3 Å². The summed E-state index contributed by atoms with van der Waals surface area (Å²) in [4.78, 5) is 42.5. The molecule has 2 unspecified atom stereocenters. The number of halogens is 2. The van der Waals surface area contributed by atoms with Gasteiger partial charge in [-0.15, -0.1) is 5.54 Å². The van der Waals surface area contributed by atoms with E-state index in [4.69, 9.17) is 29.3 Å². The van der Waals surface area contributed by atoms with Gasteiger partial charge >= 0.3 is 12.1 Å². The third-order valence-electron chi connectivity index (χ3n) is 13.7. The molecule has 4 aromatic rings. The number of anilines is 1. The third kappa shape index (κ3) is 7.15. The Morgan fingerprint density at radius 2 is 1.75 bits per heavy atom. The minimum absolute atomic E-state index is 0.0137. The summed E-state index contributed by atoms with van der Waals surface area (Å²) in [5.41, 5.74) is 3.89. The molecule has 4 aliphatic rings. The van der Waals surface area contributed by atoms with Gasteiger partial charge in [0, 0.05) is 44.6 Å². The first-order valence-electron chi connectivity index (χ1n) is 21.2. The second-order valence-electron chi connectivity index (χ2n) is 18.0. The smallest absolute Gasteiger partial charge is 0.407 e. The number of hydrogen-bond donors (Lipinski definition) is 1. The number of rotatable bonds is 11. The summed E-state index contributed by atoms with van der Waals surface area (Å²) >= 11 is 0. The maximum atomic E-state index is 16.3. The maximum absolute atomic E-state index is 16.3. The van der Waals surface area contributed by atoms with Gasteiger partial charge in [0.05, 0.1) is 40.5 Å². The van der Waals surface area contributed by atoms with E-state index >= 15 is 9.18 Å². The van der Waals surface area contributed by atoms with Gasteiger partial charge in [-0.25, -0.2) is 13.6 Å². The molecule has 1 N–H and O–H groups in total. The first-order valence-corrected chi connectivity index (χ1v) is 23.4. The molecule has 2 bridgehead atoms. The lowest BCUT2D eigenvalue weighted by atomic mass is 9.95. The predicted molar refractivity (Wildman–Crippen MR) is 228 cm³/mol. The van der Waals surface area contributed by atoms with Gasteiger partial charge in [-0.1, -0.05) is 53.5 Å². The molecule has 0 aliphatic carbocycles. The summed E-state index contributed by atoms with van der Waals surface area (Å²) in [5.74, 6) is 3.58. The Bertz CT molecular complexity index is 2400. The molecular formula is C44H55F2N7O6Si. The molecule has 0 spiro atoms. The second kappa shape index (κ2) is 16.2. The molecule has 60 heavy (non-hydrogen) atoms. The van der Waals surface area contributed by atoms with Crippen molar-refractivity contribution in [2.24, 2.45) is 0 Å². The van der Waals surface area contributed by atoms with E-state index in [1.165, 1.54) is 29.0 Å². The summed E-state index contributed by atoms with van der Waals surface area (Å²) in [7, 11) is -0.812. The minimum atomic E-state index is -2.32. The Labute approximate surface area is 350 Å². The molecular weight excluding hydrogens is 789 g/mol. The molecule has 0 saturated carbocycles. The van der Waals surface area contributed by atoms with Gasteiger partial charge in [-0.05, 0) is 66.4 Å². The minimum Gasteiger partial charge on any atom is -0.467 e. The number of ether oxygens (including phenoxy) is 3. The van der Waals surface area contributed by atoms with E-state index in [0.717, 1.165) is 19.4 Å². The molecule has 8 rings (SSSR count). The molecule has 4 aliphatic heterocycles. The SMILES string of the molecule is COCOc1cc(-n2ncc3c(N4CC5CCC(C4)N5C(=O)O)nc(OC[C@@]45CCCN4C[C@H](F)C5)nc3c2=O)c2c(C#C[Si](C(C)C)(C(C)C)C(C)C)c(F)ccc2c1. The molecule has 0 radical (unpaired) electrons. The van der Waals surface area contributed by atoms with Gasteiger partial charge < -0.3 is 24.2 Å². The van der Waals surface area contributed by atoms with Crippen LogP contribution in [0.1, 0.15) is 79.2 Å². The lowest BCUT2D eigenvalue weighted by Gasteiger charge is -2.40. The average molecular weight is 844 g/mol. The number of methoxy groups -OCH3 is 1. The lowest BCUT2D eigenvalue weighted by Crippen LogP contribution is -2.55. The first-order chi connectivity index (χ1) is 28.7. The Balaban J connectivity index is 1.31. The highest BCUT2D eigenvalue weighted by molar-refractivity contribution is 6.90. The van der Waals surface area contributed by atoms with Crippen LogP contribution in [-0.4, -0.2) is 119 Å². The van der Waals surface area contributed by atoms with Crippen molar-refractivity contribution in [3.63, 3.8) is 0 Å². The van der Waals surface area contributed by atoms with E-state index in [1.807, 2.05) is 4.90 Å². The van der Waals surface area contributed by atoms with Crippen LogP contribution in [0.4, 0.5) is 19.4 Å². The van der Waals surface area contributed by atoms with Crippen molar-refractivity contribution in [2.75, 3.05) is 51.6 Å². The van der Waals surface area contributed by atoms with Gasteiger partial charge in [0.25, 0.3) is 5.56 Å². The quantitative estimate of drug-likeness (QED) is 0.0926. The Morgan fingerprint density at radius 3 is 2.42 bits per heavy atom. The number of benzene rings is 2. The van der Waals surface area contributed by atoms with Crippen LogP contribution in [0.25, 0.3) is 27.4 Å². The van der Waals surface area contributed by atoms with Crippen LogP contribution < -0.4 is 19.9 Å². The van der Waals surface area contributed by atoms with Crippen molar-refractivity contribution in [1.29, 1.82) is 0 Å². The zero-order chi connectivity index (χ0) is 42.7. The molecule has 2 aromatic carbocycles. The van der Waals surface area contributed by atoms with E-state index in [0.29, 0.717) is 83.2 Å². The van der Waals surface area contributed by atoms with Crippen LogP contribution in [0.15, 0.2) is 35.3 Å². The normalized spacial score (nSPS) is 23.0. The molecule has 2 aromatic heterocycles. The first kappa shape index (κ1) is 41.9. The van der Waals surface area contributed by atoms with E-state index in [-0.39, 0.29) is 48.3 Å². The van der Waals surface area contributed by atoms with E-state index in [9.17, 15) is 14.3 Å². The Hall–Kier alpha value is -4.85. The van der Waals surface area contributed by atoms with Crippen LogP contribution in [0.3, 0.4) is 0 Å². The molecule has 6 heterocycles. The average Bonchev–Trinajstić information content (AvgIpc) is 3.83. The molecule has 320 valence electrons. The van der Waals surface area contributed by atoms with Gasteiger partial charge in [-0.2, -0.15) is 19.7 Å². The standard InChI is InChI=1S/C44H55F2N7O6Si/c1-26(2)60(27(3)4,28(5)6)16-13-34-36(46)12-9-29-17-33(59-25-57-7)18-37(38(29)34)53-41(54)39-35(20-47-53)40(50-22-31-10-11-32(23-50)52(31)43(55)56)49-42(48-39)58-24-44-14-8-15-51(44)21-30(45)19-44/h9,12,17-18,20,26-28,30-32H,8,10-11,14-15,19,21-25H2,1-7H3,(H,55,56)/t30-,31?,32?,44+/m1/s1. The lowest BCUT2D eigenvalue weighted by molar-refractivity contribution is 0.0512. The molecule has 4 atom stereocenters. The van der Waals surface area contributed by atoms with Crippen molar-refractivity contribution >= 4 is 41.7 Å². The Morgan fingerprint density at radius 1 is 1.03 bits per heavy atom. The zero-order valence-electron chi connectivity index (χ0n) is 35.5. The van der Waals surface area contributed by atoms with E-state index in [2.05, 4.69) is 57.9 Å². The molecule has 13 nitrogen and oxygen atoms in total. The van der Waals surface area contributed by atoms with Gasteiger partial charge in [0.1, 0.15) is 43.8 Å². The van der Waals surface area contributed by atoms with E-state index in [1.54, 1.807) is 18.2 Å². The molecule has 1 amide bonds. The van der Waals surface area contributed by atoms with Crippen LogP contribution in [0.2, 0.25) is 16.6 Å². The van der Waals surface area contributed by atoms with Crippen molar-refractivity contribution in [1.82, 2.24) is 29.5 Å². The van der Waals surface area contributed by atoms with Crippen LogP contribution >= 0.6 is 0 Å². The van der Waals surface area contributed by atoms with Crippen molar-refractivity contribution in [2.45, 2.75) is 114 Å². The van der Waals surface area contributed by atoms with Gasteiger partial charge in [0.2, 0.25) is 0 Å². The number of aromatic nitrogens is 4. The molecule has 16 heteroatoms. The molecule has 4 saturated heterocycles.